The molecule has 26 heavy (non-hydrogen) atoms. The molecule has 0 aliphatic heterocycles. The molecule has 8 heteroatoms. The largest absolute Gasteiger partial charge is 0.464 e. The summed E-state index contributed by atoms with van der Waals surface area (Å²) in [6.07, 6.45) is 3.59. The number of aryl methyl sites for hydroxylation is 1. The number of carbonyl (C=O) groups excluding carboxylic acids is 2. The molecule has 0 aliphatic carbocycles. The number of nitrogens with one attached hydrogen (secondary N) is 1. The molecule has 1 amide bonds. The lowest BCUT2D eigenvalue weighted by Crippen LogP contribution is -2.15. The first-order valence-electron chi connectivity index (χ1n) is 7.99. The molecule has 0 saturated heterocycles. The minimum Gasteiger partial charge on any atom is -0.464 e. The Labute approximate surface area is 150 Å². The van der Waals surface area contributed by atoms with Crippen LogP contribution in [0.2, 0.25) is 0 Å². The lowest BCUT2D eigenvalue weighted by molar-refractivity contribution is 0.0594. The number of anilines is 1. The summed E-state index contributed by atoms with van der Waals surface area (Å²) in [5.41, 5.74) is 2.60. The number of methoxy groups -OCH3 is 1. The Hall–Kier alpha value is -3.42. The number of ether oxygens (including phenoxy) is 1. The quantitative estimate of drug-likeness (QED) is 0.709. The Morgan fingerprint density at radius 3 is 2.58 bits per heavy atom. The van der Waals surface area contributed by atoms with Crippen LogP contribution in [0.1, 0.15) is 32.1 Å². The Morgan fingerprint density at radius 2 is 1.96 bits per heavy atom. The second kappa shape index (κ2) is 7.22. The van der Waals surface area contributed by atoms with E-state index in [0.717, 1.165) is 5.56 Å². The highest BCUT2D eigenvalue weighted by Gasteiger charge is 2.22. The monoisotopic (exact) mass is 353 g/mol. The molecular weight excluding hydrogens is 334 g/mol. The van der Waals surface area contributed by atoms with Gasteiger partial charge in [-0.25, -0.2) is 4.79 Å². The van der Waals surface area contributed by atoms with Crippen molar-refractivity contribution >= 4 is 17.6 Å². The maximum Gasteiger partial charge on any atom is 0.360 e. The van der Waals surface area contributed by atoms with Crippen LogP contribution in [-0.2, 0) is 18.3 Å². The van der Waals surface area contributed by atoms with Crippen LogP contribution in [-0.4, -0.2) is 38.5 Å². The van der Waals surface area contributed by atoms with E-state index in [1.807, 2.05) is 24.4 Å². The maximum absolute atomic E-state index is 12.5. The summed E-state index contributed by atoms with van der Waals surface area (Å²) in [6.45, 7) is 2.39. The second-order valence-electron chi connectivity index (χ2n) is 5.78. The number of hydrogen-bond donors (Lipinski definition) is 1. The van der Waals surface area contributed by atoms with Crippen LogP contribution < -0.4 is 5.32 Å². The molecule has 0 spiro atoms. The van der Waals surface area contributed by atoms with Crippen LogP contribution >= 0.6 is 0 Å². The Balaban J connectivity index is 1.77. The zero-order chi connectivity index (χ0) is 18.7. The van der Waals surface area contributed by atoms with Gasteiger partial charge in [0.25, 0.3) is 5.91 Å². The number of benzene rings is 1. The third kappa shape index (κ3) is 3.49. The molecule has 0 aliphatic rings. The van der Waals surface area contributed by atoms with Gasteiger partial charge in [-0.15, -0.1) is 0 Å². The molecule has 0 saturated carbocycles. The molecule has 1 aromatic carbocycles. The molecule has 2 heterocycles. The van der Waals surface area contributed by atoms with E-state index in [9.17, 15) is 9.59 Å². The number of amides is 1. The van der Waals surface area contributed by atoms with Gasteiger partial charge in [0.2, 0.25) is 0 Å². The fraction of sp³-hybridized carbons (Fsp3) is 0.222. The first-order chi connectivity index (χ1) is 12.5. The van der Waals surface area contributed by atoms with Crippen molar-refractivity contribution in [3.05, 3.63) is 65.2 Å². The number of nitrogens with zero attached hydrogens (tertiary/aromatic N) is 4. The van der Waals surface area contributed by atoms with E-state index < -0.39 is 5.97 Å². The number of aromatic nitrogens is 4. The van der Waals surface area contributed by atoms with Crippen molar-refractivity contribution in [3.8, 4) is 0 Å². The van der Waals surface area contributed by atoms with Crippen molar-refractivity contribution in [1.82, 2.24) is 19.6 Å². The fourth-order valence-corrected chi connectivity index (χ4v) is 2.53. The number of carbonyl (C=O) groups is 2. The van der Waals surface area contributed by atoms with E-state index in [1.54, 1.807) is 37.0 Å². The molecule has 3 aromatic rings. The van der Waals surface area contributed by atoms with Gasteiger partial charge in [-0.3, -0.25) is 14.2 Å². The third-order valence-corrected chi connectivity index (χ3v) is 4.07. The average molecular weight is 353 g/mol. The summed E-state index contributed by atoms with van der Waals surface area (Å²) in [6, 6.07) is 9.06. The number of rotatable bonds is 5. The highest BCUT2D eigenvalue weighted by molar-refractivity contribution is 6.07. The standard InChI is InChI=1S/C18H19N5O3/c1-12-15(16(18(25)26-3)21-22(12)2)20-17(24)14-7-5-13(6-8-14)11-23-10-4-9-19-23/h4-10H,11H2,1-3H3,(H,20,24). The van der Waals surface area contributed by atoms with Gasteiger partial charge < -0.3 is 10.1 Å². The van der Waals surface area contributed by atoms with Gasteiger partial charge in [0.05, 0.1) is 25.0 Å². The Kier molecular flexibility index (Phi) is 4.83. The zero-order valence-corrected chi connectivity index (χ0v) is 14.8. The van der Waals surface area contributed by atoms with Gasteiger partial charge in [0.1, 0.15) is 0 Å². The highest BCUT2D eigenvalue weighted by atomic mass is 16.5. The Morgan fingerprint density at radius 1 is 1.23 bits per heavy atom. The van der Waals surface area contributed by atoms with Gasteiger partial charge in [0.15, 0.2) is 5.69 Å². The van der Waals surface area contributed by atoms with Crippen molar-refractivity contribution < 1.29 is 14.3 Å². The van der Waals surface area contributed by atoms with Gasteiger partial charge in [-0.05, 0) is 30.7 Å². The highest BCUT2D eigenvalue weighted by Crippen LogP contribution is 2.21. The van der Waals surface area contributed by atoms with E-state index in [0.29, 0.717) is 23.5 Å². The molecular formula is C18H19N5O3. The topological polar surface area (TPSA) is 91.0 Å². The predicted octanol–water partition coefficient (Wildman–Crippen LogP) is 2.01. The van der Waals surface area contributed by atoms with Crippen molar-refractivity contribution in [1.29, 1.82) is 0 Å². The van der Waals surface area contributed by atoms with Gasteiger partial charge in [-0.1, -0.05) is 12.1 Å². The molecule has 0 atom stereocenters. The van der Waals surface area contributed by atoms with Gasteiger partial charge >= 0.3 is 5.97 Å². The summed E-state index contributed by atoms with van der Waals surface area (Å²) < 4.78 is 8.05. The van der Waals surface area contributed by atoms with Crippen molar-refractivity contribution in [2.45, 2.75) is 13.5 Å². The molecule has 0 radical (unpaired) electrons. The summed E-state index contributed by atoms with van der Waals surface area (Å²) in [5.74, 6) is -0.921. The van der Waals surface area contributed by atoms with Crippen molar-refractivity contribution in [2.75, 3.05) is 12.4 Å². The van der Waals surface area contributed by atoms with E-state index in [-0.39, 0.29) is 11.6 Å². The predicted molar refractivity (Wildman–Crippen MR) is 95.0 cm³/mol. The average Bonchev–Trinajstić information content (AvgIpc) is 3.25. The van der Waals surface area contributed by atoms with Gasteiger partial charge in [0, 0.05) is 25.0 Å². The molecule has 3 rings (SSSR count). The Bertz CT molecular complexity index is 927. The fourth-order valence-electron chi connectivity index (χ4n) is 2.53. The summed E-state index contributed by atoms with van der Waals surface area (Å²) >= 11 is 0. The summed E-state index contributed by atoms with van der Waals surface area (Å²) in [7, 11) is 2.97. The van der Waals surface area contributed by atoms with Gasteiger partial charge in [-0.2, -0.15) is 10.2 Å². The molecule has 8 nitrogen and oxygen atoms in total. The molecule has 2 aromatic heterocycles. The molecule has 0 fully saturated rings. The zero-order valence-electron chi connectivity index (χ0n) is 14.8. The number of hydrogen-bond acceptors (Lipinski definition) is 5. The first-order valence-corrected chi connectivity index (χ1v) is 7.99. The second-order valence-corrected chi connectivity index (χ2v) is 5.78. The van der Waals surface area contributed by atoms with Crippen molar-refractivity contribution in [3.63, 3.8) is 0 Å². The van der Waals surface area contributed by atoms with Crippen molar-refractivity contribution in [2.24, 2.45) is 7.05 Å². The van der Waals surface area contributed by atoms with Crippen LogP contribution in [0.4, 0.5) is 5.69 Å². The van der Waals surface area contributed by atoms with E-state index in [4.69, 9.17) is 4.74 Å². The number of esters is 1. The van der Waals surface area contributed by atoms with E-state index in [1.165, 1.54) is 11.8 Å². The SMILES string of the molecule is COC(=O)c1nn(C)c(C)c1NC(=O)c1ccc(Cn2cccn2)cc1. The van der Waals surface area contributed by atoms with E-state index >= 15 is 0 Å². The molecule has 0 bridgehead atoms. The first kappa shape index (κ1) is 17.4. The smallest absolute Gasteiger partial charge is 0.360 e. The summed E-state index contributed by atoms with van der Waals surface area (Å²) in [5, 5.41) is 11.0. The normalized spacial score (nSPS) is 10.6. The minimum absolute atomic E-state index is 0.0798. The lowest BCUT2D eigenvalue weighted by atomic mass is 10.1. The maximum atomic E-state index is 12.5. The van der Waals surface area contributed by atoms with Crippen LogP contribution in [0.5, 0.6) is 0 Å². The lowest BCUT2D eigenvalue weighted by Gasteiger charge is -2.07. The molecule has 134 valence electrons. The van der Waals surface area contributed by atoms with E-state index in [2.05, 4.69) is 15.5 Å². The molecule has 0 unspecified atom stereocenters. The van der Waals surface area contributed by atoms with Crippen LogP contribution in [0.3, 0.4) is 0 Å². The van der Waals surface area contributed by atoms with Crippen LogP contribution in [0.25, 0.3) is 0 Å². The molecule has 1 N–H and O–H groups in total. The summed E-state index contributed by atoms with van der Waals surface area (Å²) in [4.78, 5) is 24.4. The van der Waals surface area contributed by atoms with Crippen LogP contribution in [0.15, 0.2) is 42.7 Å². The van der Waals surface area contributed by atoms with Crippen LogP contribution in [0, 0.1) is 6.92 Å². The third-order valence-electron chi connectivity index (χ3n) is 4.07. The minimum atomic E-state index is -0.599.